The first kappa shape index (κ1) is 25.3. The molecule has 0 heterocycles. The van der Waals surface area contributed by atoms with Crippen LogP contribution in [0.25, 0.3) is 0 Å². The average Bonchev–Trinajstić information content (AvgIpc) is 2.51. The highest BCUT2D eigenvalue weighted by Crippen LogP contribution is 2.42. The molecule has 2 N–H and O–H groups in total. The van der Waals surface area contributed by atoms with Gasteiger partial charge in [-0.2, -0.15) is 0 Å². The molecule has 150 valence electrons. The van der Waals surface area contributed by atoms with Crippen LogP contribution in [0.3, 0.4) is 0 Å². The highest BCUT2D eigenvalue weighted by molar-refractivity contribution is 7.47. The van der Waals surface area contributed by atoms with Gasteiger partial charge >= 0.3 is 16.6 Å². The number of likely N-dealkylation sites (N-methyl/N-ethyl adjacent to an activating group) is 1. The van der Waals surface area contributed by atoms with Crippen molar-refractivity contribution in [2.75, 3.05) is 68.2 Å². The molecule has 0 amide bonds. The molecule has 0 rings (SSSR count). The van der Waals surface area contributed by atoms with Gasteiger partial charge in [0.2, 0.25) is 9.76 Å². The molecule has 0 saturated heterocycles. The smallest absolute Gasteiger partial charge is 0.415 e. The lowest BCUT2D eigenvalue weighted by molar-refractivity contribution is -0.870. The lowest BCUT2D eigenvalue weighted by Gasteiger charge is -2.25. The Bertz CT molecular complexity index is 395. The van der Waals surface area contributed by atoms with Crippen LogP contribution in [0.5, 0.6) is 0 Å². The molecule has 1 atom stereocenters. The minimum atomic E-state index is -3.98. The van der Waals surface area contributed by atoms with Crippen LogP contribution in [-0.2, 0) is 26.6 Å². The van der Waals surface area contributed by atoms with E-state index in [2.05, 4.69) is 5.32 Å². The van der Waals surface area contributed by atoms with Crippen LogP contribution in [0.1, 0.15) is 6.42 Å². The van der Waals surface area contributed by atoms with Gasteiger partial charge in [-0.1, -0.05) is 0 Å². The summed E-state index contributed by atoms with van der Waals surface area (Å²) in [7, 11) is 2.95. The summed E-state index contributed by atoms with van der Waals surface area (Å²) in [5.74, 6) is 0. The highest BCUT2D eigenvalue weighted by Gasteiger charge is 2.37. The molecule has 25 heavy (non-hydrogen) atoms. The summed E-state index contributed by atoms with van der Waals surface area (Å²) in [5.41, 5.74) is 0. The van der Waals surface area contributed by atoms with E-state index < -0.39 is 16.6 Å². The van der Waals surface area contributed by atoms with Gasteiger partial charge in [-0.05, 0) is 19.5 Å². The van der Waals surface area contributed by atoms with E-state index in [0.29, 0.717) is 39.9 Å². The standard InChI is InChI=1S/C13H33N2O7PSi2/c1-15(2,3)10-12-21-23(16,17)20-11-9-14-8-7-13-25(18-4,19-5)22-24-6/h14H,7-13H2,1-6H3/p+1. The summed E-state index contributed by atoms with van der Waals surface area (Å²) in [5, 5.41) is 3.14. The Morgan fingerprint density at radius 1 is 1.12 bits per heavy atom. The van der Waals surface area contributed by atoms with Crippen LogP contribution in [0.4, 0.5) is 0 Å². The molecule has 0 aliphatic carbocycles. The minimum absolute atomic E-state index is 0.0993. The Hall–Kier alpha value is 0.344. The molecule has 0 spiro atoms. The molecule has 0 bridgehead atoms. The van der Waals surface area contributed by atoms with E-state index in [-0.39, 0.29) is 13.2 Å². The predicted molar refractivity (Wildman–Crippen MR) is 99.4 cm³/mol. The molecule has 0 aromatic rings. The molecule has 9 nitrogen and oxygen atoms in total. The highest BCUT2D eigenvalue weighted by atomic mass is 31.2. The van der Waals surface area contributed by atoms with Crippen molar-refractivity contribution in [2.24, 2.45) is 0 Å². The number of phosphoric ester groups is 1. The van der Waals surface area contributed by atoms with Crippen molar-refractivity contribution in [3.8, 4) is 0 Å². The van der Waals surface area contributed by atoms with Crippen LogP contribution in [0.15, 0.2) is 0 Å². The topological polar surface area (TPSA) is 95.5 Å². The molecule has 2 radical (unpaired) electrons. The zero-order chi connectivity index (χ0) is 19.4. The Morgan fingerprint density at radius 3 is 2.24 bits per heavy atom. The van der Waals surface area contributed by atoms with Crippen molar-refractivity contribution in [3.05, 3.63) is 0 Å². The molecular weight excluding hydrogens is 383 g/mol. The Balaban J connectivity index is 3.82. The predicted octanol–water partition coefficient (Wildman–Crippen LogP) is 0.722. The number of nitrogens with zero attached hydrogens (tertiary/aromatic N) is 1. The maximum Gasteiger partial charge on any atom is 0.489 e. The van der Waals surface area contributed by atoms with Crippen molar-refractivity contribution in [1.29, 1.82) is 0 Å². The zero-order valence-electron chi connectivity index (χ0n) is 16.2. The average molecular weight is 418 g/mol. The van der Waals surface area contributed by atoms with Crippen molar-refractivity contribution in [1.82, 2.24) is 5.32 Å². The van der Waals surface area contributed by atoms with Gasteiger partial charge in [0.1, 0.15) is 13.2 Å². The molecule has 0 fully saturated rings. The fourth-order valence-corrected chi connectivity index (χ4v) is 6.05. The van der Waals surface area contributed by atoms with Gasteiger partial charge in [0.15, 0.2) is 0 Å². The summed E-state index contributed by atoms with van der Waals surface area (Å²) in [6, 6.07) is 0.710. The molecule has 1 unspecified atom stereocenters. The van der Waals surface area contributed by atoms with Crippen molar-refractivity contribution >= 4 is 26.4 Å². The lowest BCUT2D eigenvalue weighted by atomic mass is 10.5. The third kappa shape index (κ3) is 13.2. The van der Waals surface area contributed by atoms with Gasteiger partial charge in [0.25, 0.3) is 0 Å². The summed E-state index contributed by atoms with van der Waals surface area (Å²) in [6.07, 6.45) is 0.815. The van der Waals surface area contributed by atoms with Crippen molar-refractivity contribution in [2.45, 2.75) is 19.0 Å². The Labute approximate surface area is 155 Å². The van der Waals surface area contributed by atoms with E-state index in [0.717, 1.165) is 6.42 Å². The first-order valence-electron chi connectivity index (χ1n) is 8.18. The third-order valence-corrected chi connectivity index (χ3v) is 8.55. The normalized spacial score (nSPS) is 15.3. The molecular formula is C13H34N2O7PSi2+. The van der Waals surface area contributed by atoms with Crippen LogP contribution in [0, 0.1) is 0 Å². The second-order valence-corrected chi connectivity index (χ2v) is 11.8. The Morgan fingerprint density at radius 2 is 1.72 bits per heavy atom. The van der Waals surface area contributed by atoms with Crippen LogP contribution < -0.4 is 5.32 Å². The quantitative estimate of drug-likeness (QED) is 0.164. The monoisotopic (exact) mass is 417 g/mol. The van der Waals surface area contributed by atoms with Crippen LogP contribution >= 0.6 is 7.82 Å². The van der Waals surface area contributed by atoms with Gasteiger partial charge < -0.3 is 27.7 Å². The number of quaternary nitrogens is 1. The van der Waals surface area contributed by atoms with Gasteiger partial charge in [0, 0.05) is 26.8 Å². The number of nitrogens with one attached hydrogen (secondary N) is 1. The maximum atomic E-state index is 11.7. The summed E-state index contributed by atoms with van der Waals surface area (Å²) in [4.78, 5) is 9.58. The fourth-order valence-electron chi connectivity index (χ4n) is 1.83. The summed E-state index contributed by atoms with van der Waals surface area (Å²) >= 11 is 0. The lowest BCUT2D eigenvalue weighted by Crippen LogP contribution is -2.45. The van der Waals surface area contributed by atoms with E-state index in [1.165, 1.54) is 0 Å². The molecule has 0 aliphatic rings. The van der Waals surface area contributed by atoms with Gasteiger partial charge in [0.05, 0.1) is 27.7 Å². The van der Waals surface area contributed by atoms with E-state index in [9.17, 15) is 9.46 Å². The number of phosphoric acid groups is 1. The second kappa shape index (κ2) is 12.7. The summed E-state index contributed by atoms with van der Waals surface area (Å²) in [6.45, 7) is 3.99. The van der Waals surface area contributed by atoms with Crippen LogP contribution in [-0.4, -0.2) is 96.2 Å². The van der Waals surface area contributed by atoms with Crippen molar-refractivity contribution < 1.29 is 36.0 Å². The third-order valence-electron chi connectivity index (χ3n) is 3.27. The molecule has 0 saturated carbocycles. The number of hydrogen-bond donors (Lipinski definition) is 2. The second-order valence-electron chi connectivity index (χ2n) is 6.40. The van der Waals surface area contributed by atoms with Crippen LogP contribution in [0.2, 0.25) is 12.6 Å². The molecule has 0 aliphatic heterocycles. The number of rotatable bonds is 16. The first-order valence-corrected chi connectivity index (χ1v) is 13.0. The summed E-state index contributed by atoms with van der Waals surface area (Å²) < 4.78 is 38.7. The van der Waals surface area contributed by atoms with Crippen molar-refractivity contribution in [3.63, 3.8) is 0 Å². The molecule has 0 aromatic heterocycles. The van der Waals surface area contributed by atoms with E-state index in [1.807, 2.05) is 27.7 Å². The SMILES string of the molecule is CO[Si](CCCNCCOP(=O)(O)OCC[N+](C)(C)C)(OC)O[Si]C. The maximum absolute atomic E-state index is 11.7. The molecule has 0 aromatic carbocycles. The van der Waals surface area contributed by atoms with Gasteiger partial charge in [-0.15, -0.1) is 0 Å². The van der Waals surface area contributed by atoms with Gasteiger partial charge in [-0.25, -0.2) is 4.57 Å². The molecule has 12 heteroatoms. The zero-order valence-corrected chi connectivity index (χ0v) is 19.1. The van der Waals surface area contributed by atoms with Gasteiger partial charge in [-0.3, -0.25) is 9.05 Å². The minimum Gasteiger partial charge on any atom is -0.415 e. The van der Waals surface area contributed by atoms with E-state index in [4.69, 9.17) is 22.0 Å². The number of hydrogen-bond acceptors (Lipinski definition) is 7. The van der Waals surface area contributed by atoms with E-state index in [1.54, 1.807) is 14.2 Å². The van der Waals surface area contributed by atoms with E-state index >= 15 is 0 Å². The fraction of sp³-hybridized carbons (Fsp3) is 1.00. The largest absolute Gasteiger partial charge is 0.489 e. The Kier molecular flexibility index (Phi) is 12.9. The first-order chi connectivity index (χ1) is 11.6.